The van der Waals surface area contributed by atoms with E-state index in [1.165, 1.54) is 0 Å². The summed E-state index contributed by atoms with van der Waals surface area (Å²) in [5.74, 6) is -0.378. The number of hydrogen-bond donors (Lipinski definition) is 0. The SMILES string of the molecule is C=CCCCOCC(=C)C(=O)OCC. The fourth-order valence-corrected chi connectivity index (χ4v) is 0.817. The van der Waals surface area contributed by atoms with Gasteiger partial charge in [-0.25, -0.2) is 4.79 Å². The highest BCUT2D eigenvalue weighted by Gasteiger charge is 2.06. The van der Waals surface area contributed by atoms with Crippen LogP contribution in [-0.4, -0.2) is 25.8 Å². The molecule has 80 valence electrons. The number of carbonyl (C=O) groups excluding carboxylic acids is 1. The maximum Gasteiger partial charge on any atom is 0.335 e. The minimum absolute atomic E-state index is 0.246. The number of allylic oxidation sites excluding steroid dienone is 1. The molecule has 0 aromatic heterocycles. The molecule has 0 atom stereocenters. The number of rotatable bonds is 8. The molecule has 0 aliphatic heterocycles. The van der Waals surface area contributed by atoms with Crippen LogP contribution < -0.4 is 0 Å². The van der Waals surface area contributed by atoms with Crippen LogP contribution >= 0.6 is 0 Å². The first-order chi connectivity index (χ1) is 6.72. The molecule has 0 spiro atoms. The van der Waals surface area contributed by atoms with E-state index >= 15 is 0 Å². The molecular formula is C11H18O3. The molecule has 0 radical (unpaired) electrons. The largest absolute Gasteiger partial charge is 0.463 e. The highest BCUT2D eigenvalue weighted by Crippen LogP contribution is 1.97. The van der Waals surface area contributed by atoms with E-state index in [-0.39, 0.29) is 12.6 Å². The van der Waals surface area contributed by atoms with E-state index in [0.717, 1.165) is 12.8 Å². The second-order valence-corrected chi connectivity index (χ2v) is 2.81. The summed E-state index contributed by atoms with van der Waals surface area (Å²) < 4.78 is 9.96. The van der Waals surface area contributed by atoms with Gasteiger partial charge < -0.3 is 9.47 Å². The molecule has 0 heterocycles. The van der Waals surface area contributed by atoms with Gasteiger partial charge in [0, 0.05) is 6.61 Å². The van der Waals surface area contributed by atoms with Gasteiger partial charge in [-0.3, -0.25) is 0 Å². The van der Waals surface area contributed by atoms with Crippen molar-refractivity contribution in [2.45, 2.75) is 19.8 Å². The van der Waals surface area contributed by atoms with Crippen molar-refractivity contribution >= 4 is 5.97 Å². The van der Waals surface area contributed by atoms with Gasteiger partial charge in [0.05, 0.1) is 18.8 Å². The molecule has 14 heavy (non-hydrogen) atoms. The van der Waals surface area contributed by atoms with Crippen LogP contribution in [0.2, 0.25) is 0 Å². The lowest BCUT2D eigenvalue weighted by atomic mass is 10.3. The molecule has 0 bridgehead atoms. The van der Waals surface area contributed by atoms with Crippen LogP contribution in [-0.2, 0) is 14.3 Å². The molecule has 0 aromatic rings. The molecule has 0 unspecified atom stereocenters. The van der Waals surface area contributed by atoms with Gasteiger partial charge in [0.1, 0.15) is 0 Å². The molecule has 0 aromatic carbocycles. The molecule has 0 aliphatic rings. The fraction of sp³-hybridized carbons (Fsp3) is 0.545. The third-order valence-electron chi connectivity index (χ3n) is 1.54. The Morgan fingerprint density at radius 2 is 2.21 bits per heavy atom. The molecule has 0 amide bonds. The highest BCUT2D eigenvalue weighted by atomic mass is 16.5. The zero-order chi connectivity index (χ0) is 10.8. The third-order valence-corrected chi connectivity index (χ3v) is 1.54. The maximum atomic E-state index is 11.0. The second-order valence-electron chi connectivity index (χ2n) is 2.81. The van der Waals surface area contributed by atoms with Crippen molar-refractivity contribution in [2.75, 3.05) is 19.8 Å². The van der Waals surface area contributed by atoms with Gasteiger partial charge in [0.25, 0.3) is 0 Å². The Bertz CT molecular complexity index is 197. The third kappa shape index (κ3) is 6.43. The first kappa shape index (κ1) is 12.9. The highest BCUT2D eigenvalue weighted by molar-refractivity contribution is 5.87. The average Bonchev–Trinajstić information content (AvgIpc) is 2.17. The number of unbranched alkanes of at least 4 members (excludes halogenated alkanes) is 1. The number of hydrogen-bond acceptors (Lipinski definition) is 3. The van der Waals surface area contributed by atoms with E-state index in [1.54, 1.807) is 6.92 Å². The molecule has 3 heteroatoms. The van der Waals surface area contributed by atoms with E-state index < -0.39 is 0 Å². The summed E-state index contributed by atoms with van der Waals surface area (Å²) in [7, 11) is 0. The van der Waals surface area contributed by atoms with E-state index in [2.05, 4.69) is 13.2 Å². The Kier molecular flexibility index (Phi) is 7.84. The van der Waals surface area contributed by atoms with Crippen LogP contribution in [0.3, 0.4) is 0 Å². The standard InChI is InChI=1S/C11H18O3/c1-4-6-7-8-13-9-10(3)11(12)14-5-2/h4H,1,3,5-9H2,2H3. The smallest absolute Gasteiger partial charge is 0.335 e. The van der Waals surface area contributed by atoms with E-state index in [4.69, 9.17) is 9.47 Å². The Labute approximate surface area is 85.4 Å². The lowest BCUT2D eigenvalue weighted by molar-refractivity contribution is -0.139. The molecule has 3 nitrogen and oxygen atoms in total. The zero-order valence-electron chi connectivity index (χ0n) is 8.75. The minimum atomic E-state index is -0.378. The predicted molar refractivity (Wildman–Crippen MR) is 56.0 cm³/mol. The van der Waals surface area contributed by atoms with E-state index in [9.17, 15) is 4.79 Å². The zero-order valence-corrected chi connectivity index (χ0v) is 8.75. The van der Waals surface area contributed by atoms with Gasteiger partial charge in [-0.05, 0) is 19.8 Å². The van der Waals surface area contributed by atoms with Crippen molar-refractivity contribution in [3.63, 3.8) is 0 Å². The summed E-state index contributed by atoms with van der Waals surface area (Å²) in [6, 6.07) is 0. The van der Waals surface area contributed by atoms with E-state index in [0.29, 0.717) is 18.8 Å². The number of ether oxygens (including phenoxy) is 2. The van der Waals surface area contributed by atoms with Crippen LogP contribution in [0.15, 0.2) is 24.8 Å². The normalized spacial score (nSPS) is 9.50. The molecular weight excluding hydrogens is 180 g/mol. The van der Waals surface area contributed by atoms with Gasteiger partial charge in [-0.2, -0.15) is 0 Å². The van der Waals surface area contributed by atoms with Crippen LogP contribution in [0.4, 0.5) is 0 Å². The lowest BCUT2D eigenvalue weighted by Crippen LogP contribution is -2.12. The van der Waals surface area contributed by atoms with Crippen LogP contribution in [0.25, 0.3) is 0 Å². The van der Waals surface area contributed by atoms with Gasteiger partial charge in [0.2, 0.25) is 0 Å². The van der Waals surface area contributed by atoms with Crippen molar-refractivity contribution < 1.29 is 14.3 Å². The van der Waals surface area contributed by atoms with Gasteiger partial charge in [-0.1, -0.05) is 12.7 Å². The number of esters is 1. The Morgan fingerprint density at radius 1 is 1.50 bits per heavy atom. The second kappa shape index (κ2) is 8.51. The summed E-state index contributed by atoms with van der Waals surface area (Å²) >= 11 is 0. The van der Waals surface area contributed by atoms with Crippen molar-refractivity contribution in [1.29, 1.82) is 0 Å². The van der Waals surface area contributed by atoms with Gasteiger partial charge in [-0.15, -0.1) is 6.58 Å². The number of carbonyl (C=O) groups is 1. The molecule has 0 fully saturated rings. The quantitative estimate of drug-likeness (QED) is 0.259. The molecule has 0 saturated carbocycles. The van der Waals surface area contributed by atoms with Crippen LogP contribution in [0.5, 0.6) is 0 Å². The summed E-state index contributed by atoms with van der Waals surface area (Å²) in [4.78, 5) is 11.0. The first-order valence-corrected chi connectivity index (χ1v) is 4.75. The van der Waals surface area contributed by atoms with Gasteiger partial charge in [0.15, 0.2) is 0 Å². The van der Waals surface area contributed by atoms with Crippen molar-refractivity contribution in [2.24, 2.45) is 0 Å². The maximum absolute atomic E-state index is 11.0. The topological polar surface area (TPSA) is 35.5 Å². The summed E-state index contributed by atoms with van der Waals surface area (Å²) in [5, 5.41) is 0. The predicted octanol–water partition coefficient (Wildman–Crippen LogP) is 2.09. The minimum Gasteiger partial charge on any atom is -0.463 e. The fourth-order valence-electron chi connectivity index (χ4n) is 0.817. The molecule has 0 saturated heterocycles. The Morgan fingerprint density at radius 3 is 2.79 bits per heavy atom. The van der Waals surface area contributed by atoms with Crippen molar-refractivity contribution in [3.05, 3.63) is 24.8 Å². The Balaban J connectivity index is 3.43. The van der Waals surface area contributed by atoms with Crippen LogP contribution in [0.1, 0.15) is 19.8 Å². The van der Waals surface area contributed by atoms with Crippen molar-refractivity contribution in [1.82, 2.24) is 0 Å². The molecule has 0 N–H and O–H groups in total. The molecule has 0 rings (SSSR count). The van der Waals surface area contributed by atoms with Crippen molar-refractivity contribution in [3.8, 4) is 0 Å². The molecule has 0 aliphatic carbocycles. The van der Waals surface area contributed by atoms with E-state index in [1.807, 2.05) is 6.08 Å². The summed E-state index contributed by atoms with van der Waals surface area (Å²) in [6.07, 6.45) is 3.68. The average molecular weight is 198 g/mol. The van der Waals surface area contributed by atoms with Crippen LogP contribution in [0, 0.1) is 0 Å². The Hall–Kier alpha value is -1.09. The van der Waals surface area contributed by atoms with Gasteiger partial charge >= 0.3 is 5.97 Å². The monoisotopic (exact) mass is 198 g/mol. The lowest BCUT2D eigenvalue weighted by Gasteiger charge is -2.05. The first-order valence-electron chi connectivity index (χ1n) is 4.75. The summed E-state index contributed by atoms with van der Waals surface area (Å²) in [5.41, 5.74) is 0.366. The summed E-state index contributed by atoms with van der Waals surface area (Å²) in [6.45, 7) is 10.2.